The van der Waals surface area contributed by atoms with Crippen LogP contribution in [0.1, 0.15) is 19.3 Å². The molecule has 6 heteroatoms. The van der Waals surface area contributed by atoms with E-state index >= 15 is 0 Å². The molecule has 1 N–H and O–H groups in total. The maximum absolute atomic E-state index is 12.1. The first-order valence-electron chi connectivity index (χ1n) is 6.89. The smallest absolute Gasteiger partial charge is 0.341 e. The Kier molecular flexibility index (Phi) is 5.16. The third-order valence-electron chi connectivity index (χ3n) is 3.39. The van der Waals surface area contributed by atoms with E-state index in [0.29, 0.717) is 12.2 Å². The fourth-order valence-corrected chi connectivity index (χ4v) is 2.19. The molecule has 0 aliphatic carbocycles. The summed E-state index contributed by atoms with van der Waals surface area (Å²) in [5.74, 6) is -0.565. The van der Waals surface area contributed by atoms with Crippen molar-refractivity contribution in [3.8, 4) is 5.75 Å². The lowest BCUT2D eigenvalue weighted by molar-refractivity contribution is -0.139. The number of carbonyl (C=O) groups is 2. The summed E-state index contributed by atoms with van der Waals surface area (Å²) in [6, 6.07) is 6.75. The maximum Gasteiger partial charge on any atom is 0.341 e. The third-order valence-corrected chi connectivity index (χ3v) is 3.39. The van der Waals surface area contributed by atoms with Crippen LogP contribution in [0.3, 0.4) is 0 Å². The molecule has 0 radical (unpaired) electrons. The molecule has 0 spiro atoms. The highest BCUT2D eigenvalue weighted by Crippen LogP contribution is 2.21. The van der Waals surface area contributed by atoms with E-state index in [1.54, 1.807) is 36.2 Å². The van der Waals surface area contributed by atoms with Crippen molar-refractivity contribution in [1.29, 1.82) is 0 Å². The first kappa shape index (κ1) is 15.3. The molecule has 1 aliphatic heterocycles. The van der Waals surface area contributed by atoms with E-state index in [9.17, 15) is 9.59 Å². The van der Waals surface area contributed by atoms with Crippen LogP contribution < -0.4 is 9.64 Å². The van der Waals surface area contributed by atoms with Crippen molar-refractivity contribution in [3.63, 3.8) is 0 Å². The number of carboxylic acid groups (broad SMARTS) is 1. The highest BCUT2D eigenvalue weighted by Gasteiger charge is 2.21. The van der Waals surface area contributed by atoms with Gasteiger partial charge in [0.15, 0.2) is 6.61 Å². The first-order valence-corrected chi connectivity index (χ1v) is 6.89. The molecule has 1 aromatic carbocycles. The molecule has 114 valence electrons. The minimum atomic E-state index is -1.03. The monoisotopic (exact) mass is 293 g/mol. The molecule has 0 bridgehead atoms. The van der Waals surface area contributed by atoms with E-state index in [1.165, 1.54) is 0 Å². The number of aliphatic carboxylic acids is 1. The van der Waals surface area contributed by atoms with Crippen molar-refractivity contribution < 1.29 is 24.2 Å². The molecule has 6 nitrogen and oxygen atoms in total. The molecule has 1 fully saturated rings. The summed E-state index contributed by atoms with van der Waals surface area (Å²) in [5.41, 5.74) is 0.737. The molecular formula is C15H19NO5. The Bertz CT molecular complexity index is 493. The topological polar surface area (TPSA) is 76.1 Å². The van der Waals surface area contributed by atoms with E-state index in [0.717, 1.165) is 25.1 Å². The van der Waals surface area contributed by atoms with Crippen LogP contribution in [-0.4, -0.2) is 43.3 Å². The number of ether oxygens (including phenoxy) is 2. The van der Waals surface area contributed by atoms with Crippen LogP contribution in [0.4, 0.5) is 5.69 Å². The summed E-state index contributed by atoms with van der Waals surface area (Å²) in [4.78, 5) is 24.1. The van der Waals surface area contributed by atoms with Crippen LogP contribution in [0, 0.1) is 0 Å². The van der Waals surface area contributed by atoms with Gasteiger partial charge in [-0.05, 0) is 37.1 Å². The van der Waals surface area contributed by atoms with Gasteiger partial charge >= 0.3 is 5.97 Å². The van der Waals surface area contributed by atoms with Crippen LogP contribution in [0.25, 0.3) is 0 Å². The van der Waals surface area contributed by atoms with Gasteiger partial charge in [0.05, 0.1) is 12.5 Å². The summed E-state index contributed by atoms with van der Waals surface area (Å²) < 4.78 is 10.5. The SMILES string of the molecule is CN(C(=O)CC1CCCO1)c1ccc(OCC(=O)O)cc1. The van der Waals surface area contributed by atoms with E-state index in [4.69, 9.17) is 14.6 Å². The molecule has 1 saturated heterocycles. The molecule has 2 rings (SSSR count). The second-order valence-corrected chi connectivity index (χ2v) is 4.97. The molecule has 0 saturated carbocycles. The number of rotatable bonds is 6. The van der Waals surface area contributed by atoms with Crippen molar-refractivity contribution in [3.05, 3.63) is 24.3 Å². The lowest BCUT2D eigenvalue weighted by atomic mass is 10.1. The Balaban J connectivity index is 1.90. The van der Waals surface area contributed by atoms with Crippen LogP contribution in [0.15, 0.2) is 24.3 Å². The predicted molar refractivity (Wildman–Crippen MR) is 76.6 cm³/mol. The lowest BCUT2D eigenvalue weighted by Crippen LogP contribution is -2.29. The van der Waals surface area contributed by atoms with E-state index in [2.05, 4.69) is 0 Å². The number of benzene rings is 1. The molecular weight excluding hydrogens is 274 g/mol. The molecule has 1 aliphatic rings. The normalized spacial score (nSPS) is 17.5. The van der Waals surface area contributed by atoms with Crippen LogP contribution >= 0.6 is 0 Å². The zero-order chi connectivity index (χ0) is 15.2. The highest BCUT2D eigenvalue weighted by atomic mass is 16.5. The molecule has 1 amide bonds. The van der Waals surface area contributed by atoms with Gasteiger partial charge in [-0.25, -0.2) is 4.79 Å². The Morgan fingerprint density at radius 1 is 1.38 bits per heavy atom. The van der Waals surface area contributed by atoms with Crippen molar-refractivity contribution in [1.82, 2.24) is 0 Å². The van der Waals surface area contributed by atoms with Gasteiger partial charge in [0.25, 0.3) is 0 Å². The van der Waals surface area contributed by atoms with Gasteiger partial charge in [0, 0.05) is 19.3 Å². The van der Waals surface area contributed by atoms with Crippen molar-refractivity contribution >= 4 is 17.6 Å². The Labute approximate surface area is 123 Å². The Morgan fingerprint density at radius 3 is 2.67 bits per heavy atom. The van der Waals surface area contributed by atoms with Gasteiger partial charge in [0.2, 0.25) is 5.91 Å². The number of amides is 1. The van der Waals surface area contributed by atoms with E-state index in [-0.39, 0.29) is 18.6 Å². The fraction of sp³-hybridized carbons (Fsp3) is 0.467. The summed E-state index contributed by atoms with van der Waals surface area (Å²) in [7, 11) is 1.71. The molecule has 1 aromatic rings. The molecule has 1 atom stereocenters. The summed E-state index contributed by atoms with van der Waals surface area (Å²) >= 11 is 0. The fourth-order valence-electron chi connectivity index (χ4n) is 2.19. The average Bonchev–Trinajstić information content (AvgIpc) is 2.97. The van der Waals surface area contributed by atoms with Crippen molar-refractivity contribution in [2.24, 2.45) is 0 Å². The number of carbonyl (C=O) groups excluding carboxylic acids is 1. The molecule has 21 heavy (non-hydrogen) atoms. The van der Waals surface area contributed by atoms with Gasteiger partial charge < -0.3 is 19.5 Å². The number of anilines is 1. The van der Waals surface area contributed by atoms with Crippen molar-refractivity contribution in [2.75, 3.05) is 25.2 Å². The van der Waals surface area contributed by atoms with Crippen LogP contribution in [0.2, 0.25) is 0 Å². The average molecular weight is 293 g/mol. The quantitative estimate of drug-likeness (QED) is 0.863. The van der Waals surface area contributed by atoms with Crippen LogP contribution in [-0.2, 0) is 14.3 Å². The lowest BCUT2D eigenvalue weighted by Gasteiger charge is -2.19. The van der Waals surface area contributed by atoms with Gasteiger partial charge in [-0.15, -0.1) is 0 Å². The largest absolute Gasteiger partial charge is 0.482 e. The van der Waals surface area contributed by atoms with E-state index < -0.39 is 5.97 Å². The molecule has 1 unspecified atom stereocenters. The van der Waals surface area contributed by atoms with E-state index in [1.807, 2.05) is 0 Å². The second kappa shape index (κ2) is 7.08. The first-order chi connectivity index (χ1) is 10.1. The minimum absolute atomic E-state index is 0.00102. The zero-order valence-corrected chi connectivity index (χ0v) is 11.9. The second-order valence-electron chi connectivity index (χ2n) is 4.97. The Morgan fingerprint density at radius 2 is 2.10 bits per heavy atom. The molecule has 0 aromatic heterocycles. The summed E-state index contributed by atoms with van der Waals surface area (Å²) in [5, 5.41) is 8.54. The van der Waals surface area contributed by atoms with Crippen molar-refractivity contribution in [2.45, 2.75) is 25.4 Å². The number of carboxylic acids is 1. The summed E-state index contributed by atoms with van der Waals surface area (Å²) in [6.45, 7) is 0.352. The Hall–Kier alpha value is -2.08. The van der Waals surface area contributed by atoms with Gasteiger partial charge in [0.1, 0.15) is 5.75 Å². The third kappa shape index (κ3) is 4.46. The van der Waals surface area contributed by atoms with Crippen LogP contribution in [0.5, 0.6) is 5.75 Å². The highest BCUT2D eigenvalue weighted by molar-refractivity contribution is 5.93. The van der Waals surface area contributed by atoms with Gasteiger partial charge in [-0.1, -0.05) is 0 Å². The standard InChI is InChI=1S/C15H19NO5/c1-16(14(17)9-13-3-2-8-20-13)11-4-6-12(7-5-11)21-10-15(18)19/h4-7,13H,2-3,8-10H2,1H3,(H,18,19). The van der Waals surface area contributed by atoms with Gasteiger partial charge in [-0.2, -0.15) is 0 Å². The number of nitrogens with zero attached hydrogens (tertiary/aromatic N) is 1. The zero-order valence-electron chi connectivity index (χ0n) is 11.9. The summed E-state index contributed by atoms with van der Waals surface area (Å²) in [6.07, 6.45) is 2.35. The minimum Gasteiger partial charge on any atom is -0.482 e. The number of hydrogen-bond donors (Lipinski definition) is 1. The van der Waals surface area contributed by atoms with Gasteiger partial charge in [-0.3, -0.25) is 4.79 Å². The number of hydrogen-bond acceptors (Lipinski definition) is 4. The molecule has 1 heterocycles. The maximum atomic E-state index is 12.1. The predicted octanol–water partition coefficient (Wildman–Crippen LogP) is 1.68.